The highest BCUT2D eigenvalue weighted by Crippen LogP contribution is 2.31. The standard InChI is InChI=1S/C24H30N2O2S/c1-24(2,29(27,28)23-9-4-3-5-10-23)15-7-17-26-16-6-8-22(19-26)21-13-11-20(18-25)12-14-21/h3-5,9-14,22H,6-8,15-17,19H2,1-2H3. The highest BCUT2D eigenvalue weighted by atomic mass is 32.2. The molecule has 1 aliphatic rings. The van der Waals surface area contributed by atoms with E-state index < -0.39 is 14.6 Å². The van der Waals surface area contributed by atoms with Gasteiger partial charge in [-0.2, -0.15) is 5.26 Å². The third kappa shape index (κ3) is 5.07. The first kappa shape index (κ1) is 21.5. The van der Waals surface area contributed by atoms with Crippen LogP contribution in [0.4, 0.5) is 0 Å². The number of hydrogen-bond acceptors (Lipinski definition) is 4. The van der Waals surface area contributed by atoms with Crippen molar-refractivity contribution in [2.45, 2.75) is 55.1 Å². The average molecular weight is 411 g/mol. The molecule has 1 unspecified atom stereocenters. The van der Waals surface area contributed by atoms with E-state index in [0.717, 1.165) is 38.9 Å². The monoisotopic (exact) mass is 410 g/mol. The molecule has 3 rings (SSSR count). The SMILES string of the molecule is CC(C)(CCCN1CCCC(c2ccc(C#N)cc2)C1)S(=O)(=O)c1ccccc1. The molecule has 0 aromatic heterocycles. The largest absolute Gasteiger partial charge is 0.303 e. The van der Waals surface area contributed by atoms with Crippen LogP contribution in [0.3, 0.4) is 0 Å². The van der Waals surface area contributed by atoms with Gasteiger partial charge in [0.1, 0.15) is 0 Å². The summed E-state index contributed by atoms with van der Waals surface area (Å²) in [6, 6.07) is 18.9. The molecule has 0 spiro atoms. The molecule has 1 aliphatic heterocycles. The van der Waals surface area contributed by atoms with Gasteiger partial charge in [-0.25, -0.2) is 8.42 Å². The molecule has 4 nitrogen and oxygen atoms in total. The van der Waals surface area contributed by atoms with Gasteiger partial charge in [-0.1, -0.05) is 30.3 Å². The third-order valence-corrected chi connectivity index (χ3v) is 8.60. The van der Waals surface area contributed by atoms with Crippen molar-refractivity contribution in [3.05, 3.63) is 65.7 Å². The zero-order valence-electron chi connectivity index (χ0n) is 17.3. The van der Waals surface area contributed by atoms with Gasteiger partial charge in [0.2, 0.25) is 0 Å². The lowest BCUT2D eigenvalue weighted by molar-refractivity contribution is 0.202. The summed E-state index contributed by atoms with van der Waals surface area (Å²) in [5.74, 6) is 0.484. The Morgan fingerprint density at radius 1 is 1.10 bits per heavy atom. The Bertz CT molecular complexity index is 945. The number of piperidine rings is 1. The van der Waals surface area contributed by atoms with Gasteiger partial charge in [0.15, 0.2) is 9.84 Å². The summed E-state index contributed by atoms with van der Waals surface area (Å²) in [7, 11) is -3.35. The molecule has 29 heavy (non-hydrogen) atoms. The van der Waals surface area contributed by atoms with Gasteiger partial charge in [0.25, 0.3) is 0 Å². The molecule has 0 bridgehead atoms. The molecule has 0 aliphatic carbocycles. The quantitative estimate of drug-likeness (QED) is 0.660. The molecule has 0 N–H and O–H groups in total. The van der Waals surface area contributed by atoms with E-state index in [2.05, 4.69) is 23.1 Å². The predicted molar refractivity (Wildman–Crippen MR) is 117 cm³/mol. The minimum absolute atomic E-state index is 0.406. The maximum absolute atomic E-state index is 13.0. The Kier molecular flexibility index (Phi) is 6.77. The average Bonchev–Trinajstić information content (AvgIpc) is 2.74. The van der Waals surface area contributed by atoms with Crippen molar-refractivity contribution in [1.29, 1.82) is 5.26 Å². The summed E-state index contributed by atoms with van der Waals surface area (Å²) in [6.07, 6.45) is 3.81. The predicted octanol–water partition coefficient (Wildman–Crippen LogP) is 4.77. The maximum Gasteiger partial charge on any atom is 0.183 e. The molecule has 2 aromatic rings. The van der Waals surface area contributed by atoms with Crippen LogP contribution >= 0.6 is 0 Å². The van der Waals surface area contributed by atoms with Crippen LogP contribution in [0.2, 0.25) is 0 Å². The van der Waals surface area contributed by atoms with Crippen LogP contribution in [0, 0.1) is 11.3 Å². The Labute approximate surface area is 175 Å². The van der Waals surface area contributed by atoms with E-state index in [1.54, 1.807) is 24.3 Å². The summed E-state index contributed by atoms with van der Waals surface area (Å²) < 4.78 is 25.2. The minimum atomic E-state index is -3.35. The molecule has 1 fully saturated rings. The van der Waals surface area contributed by atoms with Gasteiger partial charge in [-0.05, 0) is 88.4 Å². The van der Waals surface area contributed by atoms with E-state index in [1.807, 2.05) is 32.0 Å². The lowest BCUT2D eigenvalue weighted by atomic mass is 9.90. The fourth-order valence-corrected chi connectivity index (χ4v) is 5.71. The van der Waals surface area contributed by atoms with Crippen molar-refractivity contribution in [1.82, 2.24) is 4.90 Å². The number of nitriles is 1. The van der Waals surface area contributed by atoms with Gasteiger partial charge in [0.05, 0.1) is 21.3 Å². The zero-order valence-corrected chi connectivity index (χ0v) is 18.2. The van der Waals surface area contributed by atoms with Crippen molar-refractivity contribution in [3.63, 3.8) is 0 Å². The molecule has 0 saturated carbocycles. The second-order valence-corrected chi connectivity index (χ2v) is 11.1. The van der Waals surface area contributed by atoms with E-state index in [-0.39, 0.29) is 0 Å². The molecule has 1 saturated heterocycles. The van der Waals surface area contributed by atoms with Crippen LogP contribution < -0.4 is 0 Å². The van der Waals surface area contributed by atoms with Crippen molar-refractivity contribution < 1.29 is 8.42 Å². The number of benzene rings is 2. The summed E-state index contributed by atoms with van der Waals surface area (Å²) in [5, 5.41) is 8.97. The fourth-order valence-electron chi connectivity index (χ4n) is 4.14. The Morgan fingerprint density at radius 3 is 2.45 bits per heavy atom. The summed E-state index contributed by atoms with van der Waals surface area (Å²) >= 11 is 0. The molecule has 154 valence electrons. The van der Waals surface area contributed by atoms with E-state index in [4.69, 9.17) is 5.26 Å². The van der Waals surface area contributed by atoms with Gasteiger partial charge < -0.3 is 4.90 Å². The molecule has 5 heteroatoms. The highest BCUT2D eigenvalue weighted by Gasteiger charge is 2.35. The van der Waals surface area contributed by atoms with Crippen LogP contribution in [0.5, 0.6) is 0 Å². The Hall–Kier alpha value is -2.16. The number of likely N-dealkylation sites (tertiary alicyclic amines) is 1. The highest BCUT2D eigenvalue weighted by molar-refractivity contribution is 7.92. The summed E-state index contributed by atoms with van der Waals surface area (Å²) in [4.78, 5) is 2.86. The summed E-state index contributed by atoms with van der Waals surface area (Å²) in [6.45, 7) is 6.66. The van der Waals surface area contributed by atoms with Crippen molar-refractivity contribution in [3.8, 4) is 6.07 Å². The van der Waals surface area contributed by atoms with Gasteiger partial charge in [0, 0.05) is 6.54 Å². The Morgan fingerprint density at radius 2 is 1.79 bits per heavy atom. The van der Waals surface area contributed by atoms with E-state index in [9.17, 15) is 8.42 Å². The molecular weight excluding hydrogens is 380 g/mol. The van der Waals surface area contributed by atoms with Gasteiger partial charge >= 0.3 is 0 Å². The van der Waals surface area contributed by atoms with E-state index in [0.29, 0.717) is 22.8 Å². The first-order valence-corrected chi connectivity index (χ1v) is 11.8. The fraction of sp³-hybridized carbons (Fsp3) is 0.458. The normalized spacial score (nSPS) is 18.3. The van der Waals surface area contributed by atoms with Crippen LogP contribution in [0.25, 0.3) is 0 Å². The Balaban J connectivity index is 1.56. The molecular formula is C24H30N2O2S. The number of sulfone groups is 1. The smallest absolute Gasteiger partial charge is 0.183 e. The zero-order chi connectivity index (χ0) is 20.9. The molecule has 1 atom stereocenters. The first-order valence-electron chi connectivity index (χ1n) is 10.4. The molecule has 2 aromatic carbocycles. The second kappa shape index (κ2) is 9.11. The van der Waals surface area contributed by atoms with Crippen molar-refractivity contribution in [2.75, 3.05) is 19.6 Å². The van der Waals surface area contributed by atoms with Crippen LogP contribution in [-0.2, 0) is 9.84 Å². The lowest BCUT2D eigenvalue weighted by Crippen LogP contribution is -2.37. The van der Waals surface area contributed by atoms with Crippen LogP contribution in [-0.4, -0.2) is 37.7 Å². The molecule has 0 amide bonds. The van der Waals surface area contributed by atoms with E-state index in [1.165, 1.54) is 5.56 Å². The second-order valence-electron chi connectivity index (χ2n) is 8.55. The van der Waals surface area contributed by atoms with Gasteiger partial charge in [-0.3, -0.25) is 0 Å². The summed E-state index contributed by atoms with van der Waals surface area (Å²) in [5.41, 5.74) is 1.99. The van der Waals surface area contributed by atoms with Gasteiger partial charge in [-0.15, -0.1) is 0 Å². The number of nitrogens with zero attached hydrogens (tertiary/aromatic N) is 2. The number of hydrogen-bond donors (Lipinski definition) is 0. The maximum atomic E-state index is 13.0. The molecule has 1 heterocycles. The first-order chi connectivity index (χ1) is 13.8. The van der Waals surface area contributed by atoms with Crippen molar-refractivity contribution >= 4 is 9.84 Å². The third-order valence-electron chi connectivity index (χ3n) is 6.05. The topological polar surface area (TPSA) is 61.2 Å². The van der Waals surface area contributed by atoms with Crippen molar-refractivity contribution in [2.24, 2.45) is 0 Å². The lowest BCUT2D eigenvalue weighted by Gasteiger charge is -2.34. The van der Waals surface area contributed by atoms with Crippen LogP contribution in [0.15, 0.2) is 59.5 Å². The van der Waals surface area contributed by atoms with E-state index >= 15 is 0 Å². The number of rotatable bonds is 7. The molecule has 0 radical (unpaired) electrons. The minimum Gasteiger partial charge on any atom is -0.303 e. The van der Waals surface area contributed by atoms with Crippen LogP contribution in [0.1, 0.15) is 56.6 Å².